The van der Waals surface area contributed by atoms with Crippen molar-refractivity contribution in [3.8, 4) is 0 Å². The number of rotatable bonds is 3. The van der Waals surface area contributed by atoms with Crippen molar-refractivity contribution >= 4 is 38.3 Å². The molecule has 0 saturated carbocycles. The Labute approximate surface area is 129 Å². The van der Waals surface area contributed by atoms with Gasteiger partial charge in [-0.3, -0.25) is 4.57 Å². The van der Waals surface area contributed by atoms with E-state index in [1.165, 1.54) is 9.27 Å². The second-order valence-corrected chi connectivity index (χ2v) is 6.00. The predicted octanol–water partition coefficient (Wildman–Crippen LogP) is 3.35. The molecular weight excluding hydrogens is 298 g/mol. The molecule has 0 spiro atoms. The van der Waals surface area contributed by atoms with Gasteiger partial charge in [0.25, 0.3) is 0 Å². The second kappa shape index (κ2) is 4.99. The third kappa shape index (κ3) is 2.17. The van der Waals surface area contributed by atoms with Crippen molar-refractivity contribution < 1.29 is 4.42 Å². The zero-order chi connectivity index (χ0) is 15.1. The highest BCUT2D eigenvalue weighted by Gasteiger charge is 2.06. The van der Waals surface area contributed by atoms with Crippen molar-refractivity contribution in [3.05, 3.63) is 58.0 Å². The molecule has 22 heavy (non-hydrogen) atoms. The van der Waals surface area contributed by atoms with Gasteiger partial charge in [0.1, 0.15) is 0 Å². The number of anilines is 1. The molecule has 2 aromatic heterocycles. The number of fused-ring (bicyclic) bond motifs is 2. The number of aryl methyl sites for hydroxylation is 1. The van der Waals surface area contributed by atoms with Gasteiger partial charge in [-0.15, -0.1) is 11.3 Å². The van der Waals surface area contributed by atoms with Crippen LogP contribution < -0.4 is 11.1 Å². The average molecular weight is 311 g/mol. The molecule has 110 valence electrons. The molecule has 0 fully saturated rings. The Bertz CT molecular complexity index is 1030. The molecule has 0 saturated heterocycles. The number of hydrogen-bond donors (Lipinski definition) is 1. The molecule has 0 radical (unpaired) electrons. The zero-order valence-corrected chi connectivity index (χ0v) is 12.7. The molecular formula is C16H13N3O2S. The van der Waals surface area contributed by atoms with E-state index in [9.17, 15) is 4.79 Å². The van der Waals surface area contributed by atoms with E-state index in [2.05, 4.69) is 16.4 Å². The first-order valence-electron chi connectivity index (χ1n) is 6.86. The minimum atomic E-state index is -0.339. The molecule has 5 nitrogen and oxygen atoms in total. The Morgan fingerprint density at radius 1 is 1.27 bits per heavy atom. The van der Waals surface area contributed by atoms with Crippen LogP contribution in [0.15, 0.2) is 51.1 Å². The molecule has 0 bridgehead atoms. The van der Waals surface area contributed by atoms with Crippen LogP contribution >= 0.6 is 11.3 Å². The van der Waals surface area contributed by atoms with Crippen LogP contribution in [0.2, 0.25) is 0 Å². The number of aromatic nitrogens is 2. The number of benzene rings is 2. The van der Waals surface area contributed by atoms with Gasteiger partial charge in [0.15, 0.2) is 5.58 Å². The topological polar surface area (TPSA) is 60.1 Å². The molecule has 1 N–H and O–H groups in total. The van der Waals surface area contributed by atoms with E-state index >= 15 is 0 Å². The summed E-state index contributed by atoms with van der Waals surface area (Å²) < 4.78 is 7.89. The first kappa shape index (κ1) is 13.1. The number of hydrogen-bond acceptors (Lipinski definition) is 5. The maximum absolute atomic E-state index is 11.5. The minimum Gasteiger partial charge on any atom is -0.408 e. The summed E-state index contributed by atoms with van der Waals surface area (Å²) >= 11 is 1.63. The summed E-state index contributed by atoms with van der Waals surface area (Å²) in [6.45, 7) is 0.657. The Morgan fingerprint density at radius 2 is 2.18 bits per heavy atom. The fourth-order valence-electron chi connectivity index (χ4n) is 2.46. The lowest BCUT2D eigenvalue weighted by atomic mass is 10.2. The monoisotopic (exact) mass is 311 g/mol. The molecule has 0 unspecified atom stereocenters. The molecule has 2 heterocycles. The number of nitrogens with zero attached hydrogens (tertiary/aromatic N) is 2. The minimum absolute atomic E-state index is 0.339. The Balaban J connectivity index is 1.59. The van der Waals surface area contributed by atoms with Gasteiger partial charge < -0.3 is 9.73 Å². The highest BCUT2D eigenvalue weighted by Crippen LogP contribution is 2.22. The maximum Gasteiger partial charge on any atom is 0.419 e. The summed E-state index contributed by atoms with van der Waals surface area (Å²) in [6.07, 6.45) is 0. The van der Waals surface area contributed by atoms with E-state index in [0.29, 0.717) is 12.1 Å². The third-order valence-electron chi connectivity index (χ3n) is 3.68. The van der Waals surface area contributed by atoms with E-state index in [0.717, 1.165) is 22.3 Å². The summed E-state index contributed by atoms with van der Waals surface area (Å²) in [7, 11) is 1.70. The average Bonchev–Trinajstić information content (AvgIpc) is 3.10. The molecule has 0 amide bonds. The van der Waals surface area contributed by atoms with Gasteiger partial charge >= 0.3 is 5.76 Å². The van der Waals surface area contributed by atoms with E-state index in [-0.39, 0.29) is 5.76 Å². The lowest BCUT2D eigenvalue weighted by Gasteiger charge is -2.06. The van der Waals surface area contributed by atoms with Gasteiger partial charge in [0, 0.05) is 19.3 Å². The molecule has 4 rings (SSSR count). The van der Waals surface area contributed by atoms with Crippen LogP contribution in [-0.4, -0.2) is 9.55 Å². The van der Waals surface area contributed by atoms with E-state index in [1.54, 1.807) is 18.4 Å². The summed E-state index contributed by atoms with van der Waals surface area (Å²) in [5.74, 6) is -0.339. The van der Waals surface area contributed by atoms with E-state index in [4.69, 9.17) is 4.42 Å². The van der Waals surface area contributed by atoms with Crippen LogP contribution in [0.25, 0.3) is 21.3 Å². The van der Waals surface area contributed by atoms with Crippen LogP contribution in [0.1, 0.15) is 5.56 Å². The lowest BCUT2D eigenvalue weighted by molar-refractivity contribution is 0.528. The third-order valence-corrected chi connectivity index (χ3v) is 4.49. The highest BCUT2D eigenvalue weighted by atomic mass is 32.1. The van der Waals surface area contributed by atoms with Crippen molar-refractivity contribution in [1.29, 1.82) is 0 Å². The first-order valence-corrected chi connectivity index (χ1v) is 7.74. The van der Waals surface area contributed by atoms with Crippen molar-refractivity contribution in [2.75, 3.05) is 5.32 Å². The number of oxazole rings is 1. The predicted molar refractivity (Wildman–Crippen MR) is 88.4 cm³/mol. The van der Waals surface area contributed by atoms with E-state index < -0.39 is 0 Å². The summed E-state index contributed by atoms with van der Waals surface area (Å²) in [5, 5.41) is 3.37. The van der Waals surface area contributed by atoms with Gasteiger partial charge in [-0.05, 0) is 35.9 Å². The van der Waals surface area contributed by atoms with Crippen molar-refractivity contribution in [1.82, 2.24) is 9.55 Å². The van der Waals surface area contributed by atoms with Crippen LogP contribution in [0, 0.1) is 0 Å². The largest absolute Gasteiger partial charge is 0.419 e. The van der Waals surface area contributed by atoms with Gasteiger partial charge in [-0.1, -0.05) is 6.07 Å². The molecule has 0 atom stereocenters. The van der Waals surface area contributed by atoms with Crippen LogP contribution in [0.5, 0.6) is 0 Å². The Kier molecular flexibility index (Phi) is 2.97. The summed E-state index contributed by atoms with van der Waals surface area (Å²) in [5.41, 5.74) is 6.34. The number of nitrogens with one attached hydrogen (secondary N) is 1. The van der Waals surface area contributed by atoms with Crippen molar-refractivity contribution in [3.63, 3.8) is 0 Å². The van der Waals surface area contributed by atoms with Gasteiger partial charge in [0.2, 0.25) is 0 Å². The smallest absolute Gasteiger partial charge is 0.408 e. The fourth-order valence-corrected chi connectivity index (χ4v) is 3.12. The highest BCUT2D eigenvalue weighted by molar-refractivity contribution is 7.16. The molecule has 0 aliphatic carbocycles. The lowest BCUT2D eigenvalue weighted by Crippen LogP contribution is -2.08. The van der Waals surface area contributed by atoms with E-state index in [1.807, 2.05) is 35.8 Å². The van der Waals surface area contributed by atoms with Crippen molar-refractivity contribution in [2.45, 2.75) is 6.54 Å². The molecule has 6 heteroatoms. The molecule has 0 aliphatic heterocycles. The standard InChI is InChI=1S/C16H13N3O2S/c1-19-13-4-2-10(6-14(13)21-16(19)20)8-17-11-3-5-15-12(7-11)18-9-22-15/h2-7,9,17H,8H2,1H3. The van der Waals surface area contributed by atoms with Crippen LogP contribution in [-0.2, 0) is 13.6 Å². The SMILES string of the molecule is Cn1c(=O)oc2cc(CNc3ccc4scnc4c3)ccc21. The molecule has 0 aliphatic rings. The summed E-state index contributed by atoms with van der Waals surface area (Å²) in [4.78, 5) is 15.8. The van der Waals surface area contributed by atoms with Gasteiger partial charge in [-0.2, -0.15) is 0 Å². The number of thiazole rings is 1. The Hall–Kier alpha value is -2.60. The van der Waals surface area contributed by atoms with Crippen LogP contribution in [0.3, 0.4) is 0 Å². The normalized spacial score (nSPS) is 11.3. The van der Waals surface area contributed by atoms with Crippen molar-refractivity contribution in [2.24, 2.45) is 7.05 Å². The zero-order valence-electron chi connectivity index (χ0n) is 11.9. The quantitative estimate of drug-likeness (QED) is 0.630. The molecule has 2 aromatic carbocycles. The fraction of sp³-hybridized carbons (Fsp3) is 0.125. The van der Waals surface area contributed by atoms with Gasteiger partial charge in [-0.25, -0.2) is 9.78 Å². The maximum atomic E-state index is 11.5. The van der Waals surface area contributed by atoms with Gasteiger partial charge in [0.05, 0.1) is 21.2 Å². The first-order chi connectivity index (χ1) is 10.7. The van der Waals surface area contributed by atoms with Crippen LogP contribution in [0.4, 0.5) is 5.69 Å². The molecule has 4 aromatic rings. The second-order valence-electron chi connectivity index (χ2n) is 5.12. The summed E-state index contributed by atoms with van der Waals surface area (Å²) in [6, 6.07) is 11.9. The Morgan fingerprint density at radius 3 is 3.09 bits per heavy atom.